The van der Waals surface area contributed by atoms with Crippen LogP contribution >= 0.6 is 0 Å². The van der Waals surface area contributed by atoms with Crippen molar-refractivity contribution in [2.24, 2.45) is 0 Å². The van der Waals surface area contributed by atoms with Crippen LogP contribution in [-0.2, 0) is 14.9 Å². The number of carbonyl (C=O) groups is 1. The number of methoxy groups -OCH3 is 1. The van der Waals surface area contributed by atoms with E-state index in [1.165, 1.54) is 13.2 Å². The van der Waals surface area contributed by atoms with Gasteiger partial charge in [-0.1, -0.05) is 32.0 Å². The maximum Gasteiger partial charge on any atom is 0.325 e. The first kappa shape index (κ1) is 15.6. The number of ether oxygens (including phenoxy) is 1. The molecule has 0 atom stereocenters. The zero-order chi connectivity index (χ0) is 14.7. The van der Waals surface area contributed by atoms with Crippen molar-refractivity contribution < 1.29 is 13.9 Å². The van der Waals surface area contributed by atoms with Crippen LogP contribution in [0.15, 0.2) is 24.3 Å². The number of hydrogen-bond acceptors (Lipinski definition) is 3. The third-order valence-electron chi connectivity index (χ3n) is 3.27. The van der Waals surface area contributed by atoms with Crippen LogP contribution in [0.4, 0.5) is 4.39 Å². The predicted molar refractivity (Wildman–Crippen MR) is 73.5 cm³/mol. The van der Waals surface area contributed by atoms with Crippen LogP contribution in [0.3, 0.4) is 0 Å². The summed E-state index contributed by atoms with van der Waals surface area (Å²) in [5, 5.41) is 3.13. The Kier molecular flexibility index (Phi) is 4.69. The molecule has 0 bridgehead atoms. The van der Waals surface area contributed by atoms with Gasteiger partial charge in [0.1, 0.15) is 11.4 Å². The van der Waals surface area contributed by atoms with Gasteiger partial charge in [0.25, 0.3) is 0 Å². The molecule has 1 aromatic carbocycles. The van der Waals surface area contributed by atoms with Gasteiger partial charge in [-0.3, -0.25) is 4.79 Å². The lowest BCUT2D eigenvalue weighted by Gasteiger charge is -2.31. The van der Waals surface area contributed by atoms with E-state index in [1.54, 1.807) is 26.0 Å². The molecular formula is C15H22FNO2. The summed E-state index contributed by atoms with van der Waals surface area (Å²) in [5.41, 5.74) is -0.586. The van der Waals surface area contributed by atoms with Gasteiger partial charge in [0.15, 0.2) is 0 Å². The van der Waals surface area contributed by atoms with Crippen molar-refractivity contribution in [1.29, 1.82) is 0 Å². The minimum absolute atomic E-state index is 0.231. The molecule has 1 aromatic rings. The number of esters is 1. The summed E-state index contributed by atoms with van der Waals surface area (Å²) in [7, 11) is 1.35. The molecule has 0 aliphatic heterocycles. The normalized spacial score (nSPS) is 12.3. The maximum absolute atomic E-state index is 13.8. The zero-order valence-electron chi connectivity index (χ0n) is 12.2. The molecule has 1 rings (SSSR count). The van der Waals surface area contributed by atoms with Crippen molar-refractivity contribution in [2.45, 2.75) is 38.6 Å². The third kappa shape index (κ3) is 3.77. The Balaban J connectivity index is 2.82. The molecule has 0 spiro atoms. The van der Waals surface area contributed by atoms with Gasteiger partial charge in [-0.25, -0.2) is 4.39 Å². The number of carbonyl (C=O) groups excluding carboxylic acids is 1. The van der Waals surface area contributed by atoms with Crippen LogP contribution < -0.4 is 5.32 Å². The lowest BCUT2D eigenvalue weighted by molar-refractivity contribution is -0.147. The van der Waals surface area contributed by atoms with Crippen LogP contribution in [0.25, 0.3) is 0 Å². The van der Waals surface area contributed by atoms with E-state index in [-0.39, 0.29) is 11.8 Å². The Morgan fingerprint density at radius 3 is 2.37 bits per heavy atom. The first-order valence-electron chi connectivity index (χ1n) is 6.29. The molecule has 0 aliphatic rings. The van der Waals surface area contributed by atoms with Gasteiger partial charge >= 0.3 is 5.97 Å². The molecule has 0 saturated carbocycles. The summed E-state index contributed by atoms with van der Waals surface area (Å²) in [5.74, 6) is -0.568. The fourth-order valence-electron chi connectivity index (χ4n) is 1.87. The van der Waals surface area contributed by atoms with E-state index in [9.17, 15) is 9.18 Å². The lowest BCUT2D eigenvalue weighted by atomic mass is 9.83. The molecule has 0 saturated heterocycles. The van der Waals surface area contributed by atoms with E-state index in [1.807, 2.05) is 19.9 Å². The molecule has 1 N–H and O–H groups in total. The lowest BCUT2D eigenvalue weighted by Crippen LogP contribution is -2.51. The van der Waals surface area contributed by atoms with Gasteiger partial charge in [-0.2, -0.15) is 0 Å². The zero-order valence-corrected chi connectivity index (χ0v) is 12.2. The van der Waals surface area contributed by atoms with E-state index in [0.29, 0.717) is 12.1 Å². The molecule has 4 heteroatoms. The van der Waals surface area contributed by atoms with E-state index >= 15 is 0 Å². The van der Waals surface area contributed by atoms with Gasteiger partial charge in [-0.05, 0) is 25.5 Å². The Hall–Kier alpha value is -1.42. The number of rotatable bonds is 5. The summed E-state index contributed by atoms with van der Waals surface area (Å²) in [6.07, 6.45) is 0. The second-order valence-corrected chi connectivity index (χ2v) is 5.83. The van der Waals surface area contributed by atoms with Crippen LogP contribution in [0.5, 0.6) is 0 Å². The number of nitrogens with one attached hydrogen (secondary N) is 1. The summed E-state index contributed by atoms with van der Waals surface area (Å²) in [4.78, 5) is 11.6. The molecule has 0 amide bonds. The van der Waals surface area contributed by atoms with Crippen LogP contribution in [0, 0.1) is 5.82 Å². The highest BCUT2D eigenvalue weighted by molar-refractivity contribution is 5.79. The topological polar surface area (TPSA) is 38.3 Å². The van der Waals surface area contributed by atoms with E-state index in [0.717, 1.165) is 0 Å². The summed E-state index contributed by atoms with van der Waals surface area (Å²) in [6, 6.07) is 6.69. The predicted octanol–water partition coefficient (Wildman–Crippen LogP) is 2.64. The molecule has 19 heavy (non-hydrogen) atoms. The van der Waals surface area contributed by atoms with Gasteiger partial charge in [0.2, 0.25) is 0 Å². The Labute approximate surface area is 114 Å². The molecule has 0 unspecified atom stereocenters. The van der Waals surface area contributed by atoms with Crippen LogP contribution in [0.2, 0.25) is 0 Å². The Morgan fingerprint density at radius 2 is 1.84 bits per heavy atom. The Morgan fingerprint density at radius 1 is 1.26 bits per heavy atom. The van der Waals surface area contributed by atoms with Crippen molar-refractivity contribution in [3.05, 3.63) is 35.6 Å². The first-order valence-corrected chi connectivity index (χ1v) is 6.29. The van der Waals surface area contributed by atoms with Gasteiger partial charge in [-0.15, -0.1) is 0 Å². The highest BCUT2D eigenvalue weighted by Gasteiger charge is 2.32. The SMILES string of the molecule is COC(=O)C(C)(C)NCC(C)(C)c1ccccc1F. The number of benzene rings is 1. The second-order valence-electron chi connectivity index (χ2n) is 5.83. The fourth-order valence-corrected chi connectivity index (χ4v) is 1.87. The molecule has 0 aromatic heterocycles. The summed E-state index contributed by atoms with van der Waals surface area (Å²) in [6.45, 7) is 7.83. The monoisotopic (exact) mass is 267 g/mol. The molecule has 3 nitrogen and oxygen atoms in total. The average Bonchev–Trinajstić information content (AvgIpc) is 2.36. The number of halogens is 1. The molecule has 106 valence electrons. The van der Waals surface area contributed by atoms with E-state index in [2.05, 4.69) is 5.32 Å². The quantitative estimate of drug-likeness (QED) is 0.833. The molecule has 0 radical (unpaired) electrons. The molecular weight excluding hydrogens is 245 g/mol. The minimum atomic E-state index is -0.794. The highest BCUT2D eigenvalue weighted by Crippen LogP contribution is 2.25. The van der Waals surface area contributed by atoms with Crippen LogP contribution in [0.1, 0.15) is 33.3 Å². The number of hydrogen-bond donors (Lipinski definition) is 1. The van der Waals surface area contributed by atoms with Crippen molar-refractivity contribution in [3.8, 4) is 0 Å². The largest absolute Gasteiger partial charge is 0.468 e. The second kappa shape index (κ2) is 5.70. The van der Waals surface area contributed by atoms with Gasteiger partial charge < -0.3 is 10.1 Å². The van der Waals surface area contributed by atoms with E-state index < -0.39 is 11.0 Å². The van der Waals surface area contributed by atoms with Crippen molar-refractivity contribution in [1.82, 2.24) is 5.32 Å². The van der Waals surface area contributed by atoms with Gasteiger partial charge in [0.05, 0.1) is 7.11 Å². The molecule has 0 fully saturated rings. The molecule has 0 heterocycles. The summed E-state index contributed by atoms with van der Waals surface area (Å²) < 4.78 is 18.5. The van der Waals surface area contributed by atoms with Gasteiger partial charge in [0, 0.05) is 12.0 Å². The fraction of sp³-hybridized carbons (Fsp3) is 0.533. The average molecular weight is 267 g/mol. The summed E-state index contributed by atoms with van der Waals surface area (Å²) >= 11 is 0. The third-order valence-corrected chi connectivity index (χ3v) is 3.27. The smallest absolute Gasteiger partial charge is 0.325 e. The highest BCUT2D eigenvalue weighted by atomic mass is 19.1. The standard InChI is InChI=1S/C15H22FNO2/c1-14(2,11-8-6-7-9-12(11)16)10-17-15(3,4)13(18)19-5/h6-9,17H,10H2,1-5H3. The Bertz CT molecular complexity index is 455. The van der Waals surface area contributed by atoms with Crippen molar-refractivity contribution >= 4 is 5.97 Å². The molecule has 0 aliphatic carbocycles. The van der Waals surface area contributed by atoms with Crippen LogP contribution in [-0.4, -0.2) is 25.2 Å². The first-order chi connectivity index (χ1) is 8.70. The van der Waals surface area contributed by atoms with Crippen molar-refractivity contribution in [3.63, 3.8) is 0 Å². The maximum atomic E-state index is 13.8. The van der Waals surface area contributed by atoms with Crippen molar-refractivity contribution in [2.75, 3.05) is 13.7 Å². The van der Waals surface area contributed by atoms with E-state index in [4.69, 9.17) is 4.74 Å². The minimum Gasteiger partial charge on any atom is -0.468 e.